The van der Waals surface area contributed by atoms with E-state index in [1.165, 1.54) is 35.6 Å². The normalized spacial score (nSPS) is 18.0. The van der Waals surface area contributed by atoms with Gasteiger partial charge in [-0.05, 0) is 32.1 Å². The first-order chi connectivity index (χ1) is 7.29. The molecule has 1 saturated carbocycles. The van der Waals surface area contributed by atoms with E-state index >= 15 is 0 Å². The summed E-state index contributed by atoms with van der Waals surface area (Å²) in [6, 6.07) is 0.735. The molecule has 3 heteroatoms. The average Bonchev–Trinajstić information content (AvgIpc) is 2.97. The van der Waals surface area contributed by atoms with Crippen LogP contribution in [0, 0.1) is 12.8 Å². The first-order valence-corrected chi connectivity index (χ1v) is 6.76. The molecule has 0 radical (unpaired) electrons. The second-order valence-electron chi connectivity index (χ2n) is 4.48. The van der Waals surface area contributed by atoms with Crippen LogP contribution < -0.4 is 5.32 Å². The summed E-state index contributed by atoms with van der Waals surface area (Å²) in [4.78, 5) is 5.69. The predicted molar refractivity (Wildman–Crippen MR) is 65.1 cm³/mol. The third-order valence-corrected chi connectivity index (χ3v) is 3.89. The van der Waals surface area contributed by atoms with Crippen molar-refractivity contribution >= 4 is 11.3 Å². The van der Waals surface area contributed by atoms with Crippen LogP contribution in [0.1, 0.15) is 42.5 Å². The number of aryl methyl sites for hydroxylation is 1. The summed E-state index contributed by atoms with van der Waals surface area (Å²) in [5, 5.41) is 4.89. The van der Waals surface area contributed by atoms with E-state index < -0.39 is 0 Å². The lowest BCUT2D eigenvalue weighted by molar-refractivity contribution is 0.429. The molecule has 1 unspecified atom stereocenters. The van der Waals surface area contributed by atoms with Crippen molar-refractivity contribution < 1.29 is 0 Å². The summed E-state index contributed by atoms with van der Waals surface area (Å²) >= 11 is 1.81. The highest BCUT2D eigenvalue weighted by atomic mass is 32.1. The predicted octanol–water partition coefficient (Wildman–Crippen LogP) is 3.12. The number of rotatable bonds is 6. The van der Waals surface area contributed by atoms with E-state index in [0.29, 0.717) is 0 Å². The molecule has 1 aliphatic carbocycles. The maximum atomic E-state index is 4.38. The van der Waals surface area contributed by atoms with Crippen LogP contribution >= 0.6 is 11.3 Å². The monoisotopic (exact) mass is 224 g/mol. The van der Waals surface area contributed by atoms with Crippen LogP contribution in [0.25, 0.3) is 0 Å². The fourth-order valence-corrected chi connectivity index (χ4v) is 2.75. The quantitative estimate of drug-likeness (QED) is 0.803. The summed E-state index contributed by atoms with van der Waals surface area (Å²) < 4.78 is 0. The molecule has 1 atom stereocenters. The highest BCUT2D eigenvalue weighted by molar-refractivity contribution is 7.11. The second-order valence-corrected chi connectivity index (χ2v) is 5.80. The first-order valence-electron chi connectivity index (χ1n) is 5.94. The zero-order chi connectivity index (χ0) is 10.7. The molecule has 1 fully saturated rings. The molecule has 0 bridgehead atoms. The smallest absolute Gasteiger partial charge is 0.107 e. The Morgan fingerprint density at radius 1 is 1.60 bits per heavy atom. The summed E-state index contributed by atoms with van der Waals surface area (Å²) in [5.74, 6) is 0.950. The van der Waals surface area contributed by atoms with E-state index in [1.807, 2.05) is 6.20 Å². The average molecular weight is 224 g/mol. The van der Waals surface area contributed by atoms with Crippen molar-refractivity contribution in [3.63, 3.8) is 0 Å². The molecule has 0 aromatic carbocycles. The van der Waals surface area contributed by atoms with Crippen LogP contribution in [-0.4, -0.2) is 11.0 Å². The van der Waals surface area contributed by atoms with Gasteiger partial charge in [-0.15, -0.1) is 11.3 Å². The molecule has 84 valence electrons. The molecule has 0 aliphatic heterocycles. The van der Waals surface area contributed by atoms with Crippen molar-refractivity contribution in [1.82, 2.24) is 10.3 Å². The second kappa shape index (κ2) is 5.08. The van der Waals surface area contributed by atoms with Crippen molar-refractivity contribution in [1.29, 1.82) is 0 Å². The molecule has 1 heterocycles. The van der Waals surface area contributed by atoms with E-state index in [2.05, 4.69) is 24.1 Å². The van der Waals surface area contributed by atoms with Gasteiger partial charge in [-0.3, -0.25) is 0 Å². The maximum absolute atomic E-state index is 4.38. The Kier molecular flexibility index (Phi) is 3.76. The molecule has 1 aliphatic rings. The summed E-state index contributed by atoms with van der Waals surface area (Å²) in [5.41, 5.74) is 0. The van der Waals surface area contributed by atoms with Gasteiger partial charge < -0.3 is 5.32 Å². The Morgan fingerprint density at radius 2 is 2.40 bits per heavy atom. The van der Waals surface area contributed by atoms with E-state index in [1.54, 1.807) is 11.3 Å². The zero-order valence-electron chi connectivity index (χ0n) is 9.62. The van der Waals surface area contributed by atoms with Crippen LogP contribution in [-0.2, 0) is 6.54 Å². The van der Waals surface area contributed by atoms with Crippen molar-refractivity contribution in [2.45, 2.75) is 52.1 Å². The van der Waals surface area contributed by atoms with Gasteiger partial charge in [-0.2, -0.15) is 0 Å². The van der Waals surface area contributed by atoms with Crippen LogP contribution in [0.3, 0.4) is 0 Å². The van der Waals surface area contributed by atoms with E-state index in [4.69, 9.17) is 0 Å². The maximum Gasteiger partial charge on any atom is 0.107 e. The molecule has 0 saturated heterocycles. The Bertz CT molecular complexity index is 304. The fourth-order valence-electron chi connectivity index (χ4n) is 2.02. The third-order valence-electron chi connectivity index (χ3n) is 2.98. The van der Waals surface area contributed by atoms with Crippen LogP contribution in [0.5, 0.6) is 0 Å². The Labute approximate surface area is 96.1 Å². The van der Waals surface area contributed by atoms with Crippen molar-refractivity contribution in [2.24, 2.45) is 5.92 Å². The highest BCUT2D eigenvalue weighted by Crippen LogP contribution is 2.34. The Hall–Kier alpha value is -0.410. The van der Waals surface area contributed by atoms with Crippen molar-refractivity contribution in [3.05, 3.63) is 16.1 Å². The lowest BCUT2D eigenvalue weighted by atomic mass is 10.1. The zero-order valence-corrected chi connectivity index (χ0v) is 10.4. The minimum atomic E-state index is 0.735. The summed E-state index contributed by atoms with van der Waals surface area (Å²) in [6.45, 7) is 5.34. The first kappa shape index (κ1) is 11.1. The van der Waals surface area contributed by atoms with Gasteiger partial charge in [0.15, 0.2) is 0 Å². The van der Waals surface area contributed by atoms with Gasteiger partial charge in [0, 0.05) is 23.7 Å². The molecule has 2 rings (SSSR count). The Balaban J connectivity index is 1.79. The van der Waals surface area contributed by atoms with Crippen LogP contribution in [0.4, 0.5) is 0 Å². The molecular weight excluding hydrogens is 204 g/mol. The number of nitrogens with one attached hydrogen (secondary N) is 1. The fraction of sp³-hybridized carbons (Fsp3) is 0.750. The summed E-state index contributed by atoms with van der Waals surface area (Å²) in [7, 11) is 0. The van der Waals surface area contributed by atoms with Gasteiger partial charge in [0.1, 0.15) is 5.01 Å². The standard InChI is InChI=1S/C12H20N2S/c1-3-4-11(10-5-6-10)13-8-12-14-7-9(2)15-12/h7,10-11,13H,3-6,8H2,1-2H3. The number of nitrogens with zero attached hydrogens (tertiary/aromatic N) is 1. The Morgan fingerprint density at radius 3 is 2.93 bits per heavy atom. The highest BCUT2D eigenvalue weighted by Gasteiger charge is 2.30. The lowest BCUT2D eigenvalue weighted by Crippen LogP contribution is -2.30. The molecule has 0 spiro atoms. The van der Waals surface area contributed by atoms with Gasteiger partial charge in [-0.25, -0.2) is 4.98 Å². The van der Waals surface area contributed by atoms with E-state index in [9.17, 15) is 0 Å². The molecule has 0 amide bonds. The van der Waals surface area contributed by atoms with Gasteiger partial charge >= 0.3 is 0 Å². The molecule has 1 N–H and O–H groups in total. The molecule has 2 nitrogen and oxygen atoms in total. The van der Waals surface area contributed by atoms with Gasteiger partial charge in [-0.1, -0.05) is 13.3 Å². The minimum Gasteiger partial charge on any atom is -0.307 e. The lowest BCUT2D eigenvalue weighted by Gasteiger charge is -2.16. The van der Waals surface area contributed by atoms with E-state index in [0.717, 1.165) is 18.5 Å². The topological polar surface area (TPSA) is 24.9 Å². The number of hydrogen-bond acceptors (Lipinski definition) is 3. The van der Waals surface area contributed by atoms with Gasteiger partial charge in [0.05, 0.1) is 0 Å². The number of aromatic nitrogens is 1. The third kappa shape index (κ3) is 3.28. The molecule has 15 heavy (non-hydrogen) atoms. The van der Waals surface area contributed by atoms with Crippen molar-refractivity contribution in [3.8, 4) is 0 Å². The van der Waals surface area contributed by atoms with Crippen molar-refractivity contribution in [2.75, 3.05) is 0 Å². The minimum absolute atomic E-state index is 0.735. The molecule has 1 aromatic heterocycles. The van der Waals surface area contributed by atoms with Crippen LogP contribution in [0.15, 0.2) is 6.20 Å². The molecular formula is C12H20N2S. The van der Waals surface area contributed by atoms with Gasteiger partial charge in [0.25, 0.3) is 0 Å². The SMILES string of the molecule is CCCC(NCc1ncc(C)s1)C1CC1. The largest absolute Gasteiger partial charge is 0.307 e. The van der Waals surface area contributed by atoms with Gasteiger partial charge in [0.2, 0.25) is 0 Å². The number of thiazole rings is 1. The number of hydrogen-bond donors (Lipinski definition) is 1. The molecule has 1 aromatic rings. The van der Waals surface area contributed by atoms with E-state index in [-0.39, 0.29) is 0 Å². The van der Waals surface area contributed by atoms with Crippen LogP contribution in [0.2, 0.25) is 0 Å². The summed E-state index contributed by atoms with van der Waals surface area (Å²) in [6.07, 6.45) is 7.41.